The van der Waals surface area contributed by atoms with Gasteiger partial charge in [0.15, 0.2) is 5.78 Å². The summed E-state index contributed by atoms with van der Waals surface area (Å²) in [7, 11) is 0. The summed E-state index contributed by atoms with van der Waals surface area (Å²) >= 11 is 0. The summed E-state index contributed by atoms with van der Waals surface area (Å²) in [4.78, 5) is 14.5. The molecule has 24 heavy (non-hydrogen) atoms. The third-order valence-electron chi connectivity index (χ3n) is 4.25. The fraction of sp³-hybridized carbons (Fsp3) is 0.381. The summed E-state index contributed by atoms with van der Waals surface area (Å²) in [5, 5.41) is 0. The van der Waals surface area contributed by atoms with Crippen LogP contribution in [-0.2, 0) is 6.42 Å². The Hall–Kier alpha value is -2.13. The molecule has 128 valence electrons. The van der Waals surface area contributed by atoms with Crippen molar-refractivity contribution in [3.05, 3.63) is 65.2 Å². The molecule has 3 heteroatoms. The highest BCUT2D eigenvalue weighted by molar-refractivity contribution is 5.97. The summed E-state index contributed by atoms with van der Waals surface area (Å²) in [6.45, 7) is 9.03. The molecule has 0 aromatic heterocycles. The Kier molecular flexibility index (Phi) is 7.01. The number of benzene rings is 2. The summed E-state index contributed by atoms with van der Waals surface area (Å²) in [5.41, 5.74) is 3.03. The van der Waals surface area contributed by atoms with Gasteiger partial charge in [-0.1, -0.05) is 44.2 Å². The second-order valence-electron chi connectivity index (χ2n) is 5.95. The highest BCUT2D eigenvalue weighted by atomic mass is 16.5. The van der Waals surface area contributed by atoms with Gasteiger partial charge in [-0.2, -0.15) is 0 Å². The number of hydrogen-bond acceptors (Lipinski definition) is 3. The van der Waals surface area contributed by atoms with E-state index < -0.39 is 0 Å². The van der Waals surface area contributed by atoms with E-state index in [0.29, 0.717) is 13.2 Å². The van der Waals surface area contributed by atoms with Gasteiger partial charge in [0, 0.05) is 12.0 Å². The Bertz CT molecular complexity index is 648. The third kappa shape index (κ3) is 5.20. The van der Waals surface area contributed by atoms with Crippen molar-refractivity contribution in [3.8, 4) is 5.75 Å². The molecule has 3 nitrogen and oxygen atoms in total. The fourth-order valence-electron chi connectivity index (χ4n) is 2.65. The Morgan fingerprint density at radius 2 is 1.75 bits per heavy atom. The molecule has 0 unspecified atom stereocenters. The van der Waals surface area contributed by atoms with Crippen LogP contribution in [0, 0.1) is 6.92 Å². The van der Waals surface area contributed by atoms with E-state index in [2.05, 4.69) is 30.9 Å². The molecule has 0 spiro atoms. The van der Waals surface area contributed by atoms with Gasteiger partial charge in [0.1, 0.15) is 5.75 Å². The van der Waals surface area contributed by atoms with Gasteiger partial charge >= 0.3 is 0 Å². The molecule has 0 radical (unpaired) electrons. The second-order valence-corrected chi connectivity index (χ2v) is 5.95. The first-order chi connectivity index (χ1) is 11.6. The largest absolute Gasteiger partial charge is 0.493 e. The van der Waals surface area contributed by atoms with Gasteiger partial charge in [-0.25, -0.2) is 0 Å². The molecule has 0 heterocycles. The van der Waals surface area contributed by atoms with Crippen LogP contribution < -0.4 is 4.74 Å². The monoisotopic (exact) mass is 325 g/mol. The van der Waals surface area contributed by atoms with Crippen LogP contribution in [0.2, 0.25) is 0 Å². The first-order valence-electron chi connectivity index (χ1n) is 8.67. The van der Waals surface area contributed by atoms with Crippen LogP contribution in [0.1, 0.15) is 35.3 Å². The average Bonchev–Trinajstić information content (AvgIpc) is 2.61. The molecular weight excluding hydrogens is 298 g/mol. The van der Waals surface area contributed by atoms with Crippen molar-refractivity contribution >= 4 is 5.78 Å². The van der Waals surface area contributed by atoms with Crippen molar-refractivity contribution in [1.82, 2.24) is 4.90 Å². The van der Waals surface area contributed by atoms with Gasteiger partial charge in [0.2, 0.25) is 0 Å². The number of aryl methyl sites for hydroxylation is 1. The Labute approximate surface area is 145 Å². The van der Waals surface area contributed by atoms with Crippen molar-refractivity contribution in [3.63, 3.8) is 0 Å². The van der Waals surface area contributed by atoms with Crippen LogP contribution in [0.15, 0.2) is 48.5 Å². The lowest BCUT2D eigenvalue weighted by Gasteiger charge is -2.17. The maximum absolute atomic E-state index is 12.4. The Balaban J connectivity index is 1.93. The zero-order valence-electron chi connectivity index (χ0n) is 14.9. The molecular formula is C21H27NO2. The van der Waals surface area contributed by atoms with Crippen molar-refractivity contribution in [1.29, 1.82) is 0 Å². The summed E-state index contributed by atoms with van der Waals surface area (Å²) in [6, 6.07) is 16.0. The molecule has 0 N–H and O–H groups in total. The first-order valence-corrected chi connectivity index (χ1v) is 8.67. The van der Waals surface area contributed by atoms with Gasteiger partial charge in [-0.3, -0.25) is 9.69 Å². The van der Waals surface area contributed by atoms with Crippen molar-refractivity contribution < 1.29 is 9.53 Å². The van der Waals surface area contributed by atoms with Crippen molar-refractivity contribution in [2.24, 2.45) is 0 Å². The quantitative estimate of drug-likeness (QED) is 0.649. The number of nitrogens with zero attached hydrogens (tertiary/aromatic N) is 1. The highest BCUT2D eigenvalue weighted by Crippen LogP contribution is 2.20. The molecule has 0 aliphatic heterocycles. The van der Waals surface area contributed by atoms with E-state index in [0.717, 1.165) is 36.4 Å². The first kappa shape index (κ1) is 18.2. The maximum Gasteiger partial charge on any atom is 0.176 e. The number of likely N-dealkylation sites (N-methyl/N-ethyl adjacent to an activating group) is 1. The number of carbonyl (C=O) groups excluding carboxylic acids is 1. The predicted molar refractivity (Wildman–Crippen MR) is 98.9 cm³/mol. The van der Waals surface area contributed by atoms with Crippen LogP contribution in [0.4, 0.5) is 0 Å². The topological polar surface area (TPSA) is 29.5 Å². The Morgan fingerprint density at radius 3 is 2.38 bits per heavy atom. The van der Waals surface area contributed by atoms with Gasteiger partial charge in [0.25, 0.3) is 0 Å². The lowest BCUT2D eigenvalue weighted by atomic mass is 10.1. The van der Waals surface area contributed by atoms with Crippen LogP contribution >= 0.6 is 0 Å². The van der Waals surface area contributed by atoms with Crippen LogP contribution in [-0.4, -0.2) is 36.9 Å². The molecule has 2 aromatic carbocycles. The number of hydrogen-bond donors (Lipinski definition) is 0. The van der Waals surface area contributed by atoms with Crippen LogP contribution in [0.25, 0.3) is 0 Å². The Morgan fingerprint density at radius 1 is 1.04 bits per heavy atom. The van der Waals surface area contributed by atoms with E-state index in [1.807, 2.05) is 43.3 Å². The van der Waals surface area contributed by atoms with Gasteiger partial charge in [-0.15, -0.1) is 0 Å². The van der Waals surface area contributed by atoms with E-state index in [9.17, 15) is 4.79 Å². The SMILES string of the molecule is CCN(CC)CC(=O)c1ccc(OCCc2ccccc2)c(C)c1. The molecule has 0 saturated heterocycles. The minimum absolute atomic E-state index is 0.164. The summed E-state index contributed by atoms with van der Waals surface area (Å²) in [6.07, 6.45) is 0.878. The van der Waals surface area contributed by atoms with Gasteiger partial charge in [0.05, 0.1) is 13.2 Å². The van der Waals surface area contributed by atoms with Crippen molar-refractivity contribution in [2.75, 3.05) is 26.2 Å². The normalized spacial score (nSPS) is 10.8. The summed E-state index contributed by atoms with van der Waals surface area (Å²) < 4.78 is 5.88. The molecule has 2 rings (SSSR count). The van der Waals surface area contributed by atoms with E-state index in [4.69, 9.17) is 4.74 Å². The number of rotatable bonds is 9. The zero-order chi connectivity index (χ0) is 17.4. The van der Waals surface area contributed by atoms with Crippen molar-refractivity contribution in [2.45, 2.75) is 27.2 Å². The minimum atomic E-state index is 0.164. The second kappa shape index (κ2) is 9.24. The lowest BCUT2D eigenvalue weighted by Crippen LogP contribution is -2.29. The fourth-order valence-corrected chi connectivity index (χ4v) is 2.65. The molecule has 0 fully saturated rings. The van der Waals surface area contributed by atoms with E-state index in [1.165, 1.54) is 5.56 Å². The molecule has 0 bridgehead atoms. The van der Waals surface area contributed by atoms with Crippen LogP contribution in [0.5, 0.6) is 5.75 Å². The maximum atomic E-state index is 12.4. The number of ether oxygens (including phenoxy) is 1. The van der Waals surface area contributed by atoms with Gasteiger partial charge in [-0.05, 0) is 49.3 Å². The minimum Gasteiger partial charge on any atom is -0.493 e. The van der Waals surface area contributed by atoms with E-state index in [1.54, 1.807) is 0 Å². The van der Waals surface area contributed by atoms with E-state index >= 15 is 0 Å². The smallest absolute Gasteiger partial charge is 0.176 e. The molecule has 0 amide bonds. The highest BCUT2D eigenvalue weighted by Gasteiger charge is 2.11. The van der Waals surface area contributed by atoms with Gasteiger partial charge < -0.3 is 4.74 Å². The lowest BCUT2D eigenvalue weighted by molar-refractivity contribution is 0.0937. The zero-order valence-corrected chi connectivity index (χ0v) is 14.9. The third-order valence-corrected chi connectivity index (χ3v) is 4.25. The number of Topliss-reactive ketones (excluding diaryl/α,β-unsaturated/α-hetero) is 1. The average molecular weight is 325 g/mol. The molecule has 0 atom stereocenters. The molecule has 0 aliphatic carbocycles. The molecule has 2 aromatic rings. The number of ketones is 1. The van der Waals surface area contributed by atoms with E-state index in [-0.39, 0.29) is 5.78 Å². The predicted octanol–water partition coefficient (Wildman–Crippen LogP) is 4.14. The summed E-state index contributed by atoms with van der Waals surface area (Å²) in [5.74, 6) is 1.02. The number of carbonyl (C=O) groups is 1. The standard InChI is InChI=1S/C21H27NO2/c1-4-22(5-2)16-20(23)19-11-12-21(17(3)15-19)24-14-13-18-9-7-6-8-10-18/h6-12,15H,4-5,13-14,16H2,1-3H3. The molecule has 0 aliphatic rings. The van der Waals surface area contributed by atoms with Crippen LogP contribution in [0.3, 0.4) is 0 Å². The molecule has 0 saturated carbocycles.